The molecule has 2 heteroatoms. The first-order valence-electron chi connectivity index (χ1n) is 6.18. The largest absolute Gasteiger partial charge is 0.347 e. The van der Waals surface area contributed by atoms with E-state index in [0.29, 0.717) is 5.92 Å². The van der Waals surface area contributed by atoms with Crippen LogP contribution in [0.15, 0.2) is 41.8 Å². The molecule has 0 radical (unpaired) electrons. The molecule has 3 N–H and O–H groups in total. The Morgan fingerprint density at radius 2 is 1.76 bits per heavy atom. The number of thiophene rings is 1. The maximum atomic E-state index is 4.26. The van der Waals surface area contributed by atoms with Gasteiger partial charge in [-0.2, -0.15) is 0 Å². The summed E-state index contributed by atoms with van der Waals surface area (Å²) < 4.78 is 0. The van der Waals surface area contributed by atoms with Gasteiger partial charge in [0.25, 0.3) is 0 Å². The molecule has 0 saturated heterocycles. The summed E-state index contributed by atoms with van der Waals surface area (Å²) in [6.07, 6.45) is 1.19. The summed E-state index contributed by atoms with van der Waals surface area (Å²) >= 11 is 1.78. The standard InChI is InChI=1S/C15H19NS/c1-3-11(2)12-6-8-13(9-7-12)15(16)14-5-4-10-17-14/h4-11,15H,3,16H2,1-2H3/p+1/t11-,15-/m0/s1. The zero-order valence-electron chi connectivity index (χ0n) is 10.5. The van der Waals surface area contributed by atoms with E-state index in [2.05, 4.69) is 61.4 Å². The maximum absolute atomic E-state index is 4.26. The highest BCUT2D eigenvalue weighted by molar-refractivity contribution is 7.10. The van der Waals surface area contributed by atoms with Crippen molar-refractivity contribution in [1.29, 1.82) is 0 Å². The molecule has 0 fully saturated rings. The highest BCUT2D eigenvalue weighted by Crippen LogP contribution is 2.24. The van der Waals surface area contributed by atoms with Crippen LogP contribution >= 0.6 is 11.3 Å². The predicted octanol–water partition coefficient (Wildman–Crippen LogP) is 3.59. The lowest BCUT2D eigenvalue weighted by molar-refractivity contribution is -0.410. The van der Waals surface area contributed by atoms with Crippen molar-refractivity contribution in [2.45, 2.75) is 32.2 Å². The summed E-state index contributed by atoms with van der Waals surface area (Å²) in [5, 5.41) is 2.11. The van der Waals surface area contributed by atoms with Gasteiger partial charge in [-0.3, -0.25) is 0 Å². The molecule has 0 saturated carbocycles. The van der Waals surface area contributed by atoms with E-state index in [0.717, 1.165) is 0 Å². The molecule has 17 heavy (non-hydrogen) atoms. The van der Waals surface area contributed by atoms with Gasteiger partial charge in [0.15, 0.2) is 0 Å². The molecule has 1 heterocycles. The second kappa shape index (κ2) is 5.48. The molecule has 2 rings (SSSR count). The van der Waals surface area contributed by atoms with E-state index in [9.17, 15) is 0 Å². The smallest absolute Gasteiger partial charge is 0.145 e. The summed E-state index contributed by atoms with van der Waals surface area (Å²) in [4.78, 5) is 1.33. The first kappa shape index (κ1) is 12.3. The average Bonchev–Trinajstić information content (AvgIpc) is 2.91. The van der Waals surface area contributed by atoms with Gasteiger partial charge in [-0.05, 0) is 29.3 Å². The van der Waals surface area contributed by atoms with Crippen molar-refractivity contribution in [3.05, 3.63) is 57.8 Å². The van der Waals surface area contributed by atoms with Crippen LogP contribution in [-0.4, -0.2) is 0 Å². The highest BCUT2D eigenvalue weighted by atomic mass is 32.1. The number of hydrogen-bond acceptors (Lipinski definition) is 1. The average molecular weight is 246 g/mol. The lowest BCUT2D eigenvalue weighted by Crippen LogP contribution is -2.53. The lowest BCUT2D eigenvalue weighted by Gasteiger charge is -2.11. The molecule has 0 bridgehead atoms. The Morgan fingerprint density at radius 3 is 2.29 bits per heavy atom. The topological polar surface area (TPSA) is 27.6 Å². The summed E-state index contributed by atoms with van der Waals surface area (Å²) in [5.41, 5.74) is 6.99. The van der Waals surface area contributed by atoms with Crippen molar-refractivity contribution >= 4 is 11.3 Å². The van der Waals surface area contributed by atoms with Crippen LogP contribution in [0, 0.1) is 0 Å². The Kier molecular flexibility index (Phi) is 3.97. The van der Waals surface area contributed by atoms with Crippen LogP contribution < -0.4 is 5.73 Å². The molecule has 0 aliphatic rings. The van der Waals surface area contributed by atoms with Crippen LogP contribution in [0.5, 0.6) is 0 Å². The zero-order chi connectivity index (χ0) is 12.3. The van der Waals surface area contributed by atoms with E-state index in [-0.39, 0.29) is 6.04 Å². The van der Waals surface area contributed by atoms with Gasteiger partial charge in [0.05, 0.1) is 4.88 Å². The molecule has 90 valence electrons. The van der Waals surface area contributed by atoms with Crippen molar-refractivity contribution in [1.82, 2.24) is 0 Å². The van der Waals surface area contributed by atoms with Gasteiger partial charge in [0, 0.05) is 5.56 Å². The predicted molar refractivity (Wildman–Crippen MR) is 74.2 cm³/mol. The van der Waals surface area contributed by atoms with Crippen molar-refractivity contribution < 1.29 is 5.73 Å². The van der Waals surface area contributed by atoms with Gasteiger partial charge in [0.1, 0.15) is 6.04 Å². The van der Waals surface area contributed by atoms with Gasteiger partial charge in [-0.25, -0.2) is 0 Å². The fraction of sp³-hybridized carbons (Fsp3) is 0.333. The summed E-state index contributed by atoms with van der Waals surface area (Å²) in [6.45, 7) is 4.50. The molecule has 1 aromatic carbocycles. The second-order valence-corrected chi connectivity index (χ2v) is 5.52. The van der Waals surface area contributed by atoms with Gasteiger partial charge in [0.2, 0.25) is 0 Å². The van der Waals surface area contributed by atoms with Gasteiger partial charge >= 0.3 is 0 Å². The van der Waals surface area contributed by atoms with Crippen molar-refractivity contribution in [2.24, 2.45) is 0 Å². The quantitative estimate of drug-likeness (QED) is 0.854. The third-order valence-corrected chi connectivity index (χ3v) is 4.39. The Balaban J connectivity index is 2.18. The lowest BCUT2D eigenvalue weighted by atomic mass is 9.96. The Labute approximate surface area is 107 Å². The van der Waals surface area contributed by atoms with E-state index < -0.39 is 0 Å². The van der Waals surface area contributed by atoms with Crippen molar-refractivity contribution in [3.8, 4) is 0 Å². The van der Waals surface area contributed by atoms with Crippen LogP contribution in [0.25, 0.3) is 0 Å². The van der Waals surface area contributed by atoms with Crippen molar-refractivity contribution in [2.75, 3.05) is 0 Å². The van der Waals surface area contributed by atoms with E-state index >= 15 is 0 Å². The molecule has 0 unspecified atom stereocenters. The van der Waals surface area contributed by atoms with E-state index in [1.807, 2.05) is 0 Å². The minimum Gasteiger partial charge on any atom is -0.347 e. The van der Waals surface area contributed by atoms with E-state index in [4.69, 9.17) is 0 Å². The fourth-order valence-electron chi connectivity index (χ4n) is 1.95. The molecule has 1 aromatic heterocycles. The maximum Gasteiger partial charge on any atom is 0.145 e. The monoisotopic (exact) mass is 246 g/mol. The molecule has 1 nitrogen and oxygen atoms in total. The molecule has 0 amide bonds. The Hall–Kier alpha value is -1.12. The van der Waals surface area contributed by atoms with Gasteiger partial charge in [-0.15, -0.1) is 11.3 Å². The molecule has 0 spiro atoms. The third-order valence-electron chi connectivity index (χ3n) is 3.41. The zero-order valence-corrected chi connectivity index (χ0v) is 11.3. The molecular formula is C15H20NS+. The van der Waals surface area contributed by atoms with Crippen LogP contribution in [0.4, 0.5) is 0 Å². The van der Waals surface area contributed by atoms with E-state index in [1.165, 1.54) is 22.4 Å². The summed E-state index contributed by atoms with van der Waals surface area (Å²) in [6, 6.07) is 13.4. The fourth-order valence-corrected chi connectivity index (χ4v) is 2.72. The summed E-state index contributed by atoms with van der Waals surface area (Å²) in [7, 11) is 0. The number of hydrogen-bond donors (Lipinski definition) is 1. The van der Waals surface area contributed by atoms with Gasteiger partial charge in [-0.1, -0.05) is 44.2 Å². The first-order valence-corrected chi connectivity index (χ1v) is 7.06. The first-order chi connectivity index (χ1) is 8.22. The third kappa shape index (κ3) is 2.76. The molecular weight excluding hydrogens is 226 g/mol. The molecule has 2 aromatic rings. The molecule has 0 aliphatic heterocycles. The SMILES string of the molecule is CC[C@H](C)c1ccc([C@H]([NH3+])c2cccs2)cc1. The van der Waals surface area contributed by atoms with Crippen LogP contribution in [0.1, 0.15) is 48.2 Å². The summed E-state index contributed by atoms with van der Waals surface area (Å²) in [5.74, 6) is 0.647. The highest BCUT2D eigenvalue weighted by Gasteiger charge is 2.13. The van der Waals surface area contributed by atoms with Crippen LogP contribution in [0.2, 0.25) is 0 Å². The second-order valence-electron chi connectivity index (χ2n) is 4.54. The van der Waals surface area contributed by atoms with E-state index in [1.54, 1.807) is 11.3 Å². The van der Waals surface area contributed by atoms with Crippen LogP contribution in [0.3, 0.4) is 0 Å². The molecule has 0 aliphatic carbocycles. The van der Waals surface area contributed by atoms with Gasteiger partial charge < -0.3 is 5.73 Å². The molecule has 2 atom stereocenters. The number of benzene rings is 1. The Morgan fingerprint density at radius 1 is 1.12 bits per heavy atom. The van der Waals surface area contributed by atoms with Crippen molar-refractivity contribution in [3.63, 3.8) is 0 Å². The Bertz CT molecular complexity index is 444. The minimum atomic E-state index is 0.265. The number of quaternary nitrogens is 1. The number of rotatable bonds is 4. The van der Waals surface area contributed by atoms with Crippen LogP contribution in [-0.2, 0) is 0 Å². The minimum absolute atomic E-state index is 0.265. The normalized spacial score (nSPS) is 14.5.